The molecule has 0 bridgehead atoms. The molecule has 3 unspecified atom stereocenters. The van der Waals surface area contributed by atoms with Gasteiger partial charge in [0.2, 0.25) is 11.8 Å². The molecule has 1 saturated heterocycles. The van der Waals surface area contributed by atoms with Crippen LogP contribution in [0.15, 0.2) is 48.7 Å². The van der Waals surface area contributed by atoms with Crippen molar-refractivity contribution in [1.82, 2.24) is 20.2 Å². The van der Waals surface area contributed by atoms with Crippen molar-refractivity contribution in [3.05, 3.63) is 65.5 Å². The first-order valence-electron chi connectivity index (χ1n) is 13.8. The van der Waals surface area contributed by atoms with Crippen LogP contribution in [0.2, 0.25) is 0 Å². The van der Waals surface area contributed by atoms with Gasteiger partial charge < -0.3 is 20.6 Å². The van der Waals surface area contributed by atoms with E-state index in [9.17, 15) is 19.5 Å². The van der Waals surface area contributed by atoms with Crippen LogP contribution in [0.3, 0.4) is 0 Å². The zero-order valence-electron chi connectivity index (χ0n) is 22.2. The Labute approximate surface area is 228 Å². The van der Waals surface area contributed by atoms with Gasteiger partial charge in [0, 0.05) is 35.8 Å². The third kappa shape index (κ3) is 6.19. The van der Waals surface area contributed by atoms with Crippen molar-refractivity contribution >= 4 is 34.5 Å². The number of carboxylic acid groups (broad SMARTS) is 1. The standard InChI is InChI=1S/C30H35N5O4/c1-2-24-15-21(10-12-23-11-9-19-7-5-13-31-29(19)33-23)30(39)35(24)18-27(36)34-26(16-28(37)38)22-14-20-6-3-4-8-25(20)32-17-22/h3-4,6,8-9,11,14,17,21,24,26H,2,5,7,10,12-13,15-16,18H2,1H3,(H,31,33)(H,34,36)(H,37,38). The Kier molecular flexibility index (Phi) is 8.05. The number of fused-ring (bicyclic) bond motifs is 2. The highest BCUT2D eigenvalue weighted by Gasteiger charge is 2.39. The van der Waals surface area contributed by atoms with Gasteiger partial charge in [-0.05, 0) is 67.9 Å². The summed E-state index contributed by atoms with van der Waals surface area (Å²) in [5.74, 6) is -0.616. The minimum absolute atomic E-state index is 0.0183. The van der Waals surface area contributed by atoms with Gasteiger partial charge in [0.25, 0.3) is 0 Å². The second-order valence-corrected chi connectivity index (χ2v) is 10.5. The molecule has 5 rings (SSSR count). The second kappa shape index (κ2) is 11.8. The van der Waals surface area contributed by atoms with E-state index < -0.39 is 12.0 Å². The summed E-state index contributed by atoms with van der Waals surface area (Å²) < 4.78 is 0. The Morgan fingerprint density at radius 3 is 2.90 bits per heavy atom. The first-order valence-corrected chi connectivity index (χ1v) is 13.8. The SMILES string of the molecule is CCC1CC(CCc2ccc3c(n2)NCCC3)C(=O)N1CC(=O)NC(CC(=O)O)c1cnc2ccccc2c1. The highest BCUT2D eigenvalue weighted by Crippen LogP contribution is 2.31. The minimum atomic E-state index is -1.02. The lowest BCUT2D eigenvalue weighted by Gasteiger charge is -2.25. The van der Waals surface area contributed by atoms with Crippen molar-refractivity contribution in [1.29, 1.82) is 0 Å². The number of carboxylic acids is 1. The van der Waals surface area contributed by atoms with E-state index in [1.807, 2.05) is 37.3 Å². The maximum atomic E-state index is 13.4. The maximum absolute atomic E-state index is 13.4. The van der Waals surface area contributed by atoms with Gasteiger partial charge in [-0.2, -0.15) is 0 Å². The number of carbonyl (C=O) groups is 3. The highest BCUT2D eigenvalue weighted by molar-refractivity contribution is 5.88. The lowest BCUT2D eigenvalue weighted by molar-refractivity contribution is -0.139. The number of aryl methyl sites for hydroxylation is 2. The number of para-hydroxylation sites is 1. The first-order chi connectivity index (χ1) is 18.9. The van der Waals surface area contributed by atoms with Crippen molar-refractivity contribution in [2.24, 2.45) is 5.92 Å². The molecule has 9 nitrogen and oxygen atoms in total. The normalized spacial score (nSPS) is 19.4. The zero-order chi connectivity index (χ0) is 27.4. The Morgan fingerprint density at radius 1 is 1.23 bits per heavy atom. The Hall–Kier alpha value is -4.01. The van der Waals surface area contributed by atoms with Gasteiger partial charge in [-0.15, -0.1) is 0 Å². The van der Waals surface area contributed by atoms with E-state index in [4.69, 9.17) is 4.98 Å². The van der Waals surface area contributed by atoms with Crippen LogP contribution in [0.25, 0.3) is 10.9 Å². The summed E-state index contributed by atoms with van der Waals surface area (Å²) in [7, 11) is 0. The number of hydrogen-bond donors (Lipinski definition) is 3. The predicted molar refractivity (Wildman–Crippen MR) is 148 cm³/mol. The van der Waals surface area contributed by atoms with Crippen LogP contribution in [0.4, 0.5) is 5.82 Å². The summed E-state index contributed by atoms with van der Waals surface area (Å²) in [6.07, 6.45) is 6.33. The van der Waals surface area contributed by atoms with Gasteiger partial charge in [-0.1, -0.05) is 31.2 Å². The number of nitrogens with one attached hydrogen (secondary N) is 2. The van der Waals surface area contributed by atoms with Gasteiger partial charge in [0.1, 0.15) is 5.82 Å². The molecule has 1 fully saturated rings. The molecule has 0 aliphatic carbocycles. The largest absolute Gasteiger partial charge is 0.481 e. The molecular formula is C30H35N5O4. The molecule has 0 saturated carbocycles. The molecular weight excluding hydrogens is 494 g/mol. The fourth-order valence-corrected chi connectivity index (χ4v) is 5.74. The summed E-state index contributed by atoms with van der Waals surface area (Å²) in [4.78, 5) is 48.9. The molecule has 2 aliphatic rings. The topological polar surface area (TPSA) is 125 Å². The average molecular weight is 530 g/mol. The van der Waals surface area contributed by atoms with Crippen molar-refractivity contribution in [3.8, 4) is 0 Å². The number of amides is 2. The lowest BCUT2D eigenvalue weighted by atomic mass is 9.97. The summed E-state index contributed by atoms with van der Waals surface area (Å²) in [6, 6.07) is 12.8. The summed E-state index contributed by atoms with van der Waals surface area (Å²) in [6.45, 7) is 2.87. The van der Waals surface area contributed by atoms with E-state index in [0.717, 1.165) is 48.2 Å². The van der Waals surface area contributed by atoms with Gasteiger partial charge in [0.15, 0.2) is 0 Å². The zero-order valence-corrected chi connectivity index (χ0v) is 22.2. The van der Waals surface area contributed by atoms with Gasteiger partial charge in [-0.25, -0.2) is 4.98 Å². The van der Waals surface area contributed by atoms with Crippen molar-refractivity contribution in [2.45, 2.75) is 64.0 Å². The number of hydrogen-bond acceptors (Lipinski definition) is 6. The predicted octanol–water partition coefficient (Wildman–Crippen LogP) is 3.88. The van der Waals surface area contributed by atoms with E-state index in [-0.39, 0.29) is 36.7 Å². The summed E-state index contributed by atoms with van der Waals surface area (Å²) in [5, 5.41) is 16.6. The van der Waals surface area contributed by atoms with E-state index in [0.29, 0.717) is 24.8 Å². The van der Waals surface area contributed by atoms with E-state index in [1.54, 1.807) is 11.1 Å². The van der Waals surface area contributed by atoms with Gasteiger partial charge in [0.05, 0.1) is 24.5 Å². The smallest absolute Gasteiger partial charge is 0.305 e. The van der Waals surface area contributed by atoms with Crippen LogP contribution in [-0.4, -0.2) is 56.9 Å². The van der Waals surface area contributed by atoms with Crippen LogP contribution in [0, 0.1) is 5.92 Å². The van der Waals surface area contributed by atoms with Crippen LogP contribution in [0.5, 0.6) is 0 Å². The van der Waals surface area contributed by atoms with Crippen LogP contribution >= 0.6 is 0 Å². The molecule has 39 heavy (non-hydrogen) atoms. The number of anilines is 1. The number of benzene rings is 1. The number of rotatable bonds is 10. The molecule has 204 valence electrons. The number of carbonyl (C=O) groups excluding carboxylic acids is 2. The number of likely N-dealkylation sites (tertiary alicyclic amines) is 1. The Balaban J connectivity index is 1.23. The highest BCUT2D eigenvalue weighted by atomic mass is 16.4. The van der Waals surface area contributed by atoms with Gasteiger partial charge in [-0.3, -0.25) is 19.4 Å². The molecule has 2 amide bonds. The van der Waals surface area contributed by atoms with Gasteiger partial charge >= 0.3 is 5.97 Å². The number of pyridine rings is 2. The molecule has 2 aliphatic heterocycles. The molecule has 3 aromatic rings. The monoisotopic (exact) mass is 529 g/mol. The van der Waals surface area contributed by atoms with Crippen molar-refractivity contribution < 1.29 is 19.5 Å². The van der Waals surface area contributed by atoms with E-state index in [1.165, 1.54) is 5.56 Å². The van der Waals surface area contributed by atoms with E-state index >= 15 is 0 Å². The number of aliphatic carboxylic acids is 1. The minimum Gasteiger partial charge on any atom is -0.481 e. The molecule has 4 heterocycles. The second-order valence-electron chi connectivity index (χ2n) is 10.5. The van der Waals surface area contributed by atoms with Crippen LogP contribution in [-0.2, 0) is 27.2 Å². The van der Waals surface area contributed by atoms with Crippen LogP contribution < -0.4 is 10.6 Å². The van der Waals surface area contributed by atoms with Crippen LogP contribution in [0.1, 0.15) is 61.9 Å². The third-order valence-electron chi connectivity index (χ3n) is 7.84. The third-order valence-corrected chi connectivity index (χ3v) is 7.84. The molecule has 3 atom stereocenters. The molecule has 2 aromatic heterocycles. The van der Waals surface area contributed by atoms with Crippen molar-refractivity contribution in [3.63, 3.8) is 0 Å². The van der Waals surface area contributed by atoms with Crippen molar-refractivity contribution in [2.75, 3.05) is 18.4 Å². The average Bonchev–Trinajstić information content (AvgIpc) is 3.24. The first kappa shape index (κ1) is 26.6. The fourth-order valence-electron chi connectivity index (χ4n) is 5.74. The lowest BCUT2D eigenvalue weighted by Crippen LogP contribution is -2.43. The molecule has 1 aromatic carbocycles. The molecule has 0 spiro atoms. The van der Waals surface area contributed by atoms with E-state index in [2.05, 4.69) is 27.8 Å². The fraction of sp³-hybridized carbons (Fsp3) is 0.433. The molecule has 0 radical (unpaired) electrons. The Bertz CT molecular complexity index is 1380. The molecule has 3 N–H and O–H groups in total. The number of aromatic nitrogens is 2. The quantitative estimate of drug-likeness (QED) is 0.364. The summed E-state index contributed by atoms with van der Waals surface area (Å²) in [5.41, 5.74) is 3.63. The molecule has 9 heteroatoms. The maximum Gasteiger partial charge on any atom is 0.305 e. The number of nitrogens with zero attached hydrogens (tertiary/aromatic N) is 3. The summed E-state index contributed by atoms with van der Waals surface area (Å²) >= 11 is 0. The Morgan fingerprint density at radius 2 is 2.08 bits per heavy atom.